The van der Waals surface area contributed by atoms with Gasteiger partial charge in [0, 0.05) is 11.4 Å². The summed E-state index contributed by atoms with van der Waals surface area (Å²) in [4.78, 5) is 10.4. The van der Waals surface area contributed by atoms with Crippen LogP contribution in [0.2, 0.25) is 0 Å². The van der Waals surface area contributed by atoms with Crippen molar-refractivity contribution in [3.05, 3.63) is 59.7 Å². The molecule has 1 heterocycles. The van der Waals surface area contributed by atoms with Crippen LogP contribution < -0.4 is 22.1 Å². The Kier molecular flexibility index (Phi) is 6.91. The predicted molar refractivity (Wildman–Crippen MR) is 121 cm³/mol. The smallest absolute Gasteiger partial charge is 0.220 e. The first-order valence-electron chi connectivity index (χ1n) is 9.28. The Morgan fingerprint density at radius 3 is 2.11 bits per heavy atom. The molecule has 1 aliphatic heterocycles. The van der Waals surface area contributed by atoms with E-state index in [1.807, 2.05) is 49.1 Å². The predicted octanol–water partition coefficient (Wildman–Crippen LogP) is 3.44. The normalized spacial score (nSPS) is 15.4. The number of guanidine groups is 2. The molecule has 0 saturated heterocycles. The van der Waals surface area contributed by atoms with Crippen molar-refractivity contribution in [2.45, 2.75) is 45.2 Å². The van der Waals surface area contributed by atoms with Crippen LogP contribution in [0.15, 0.2) is 58.5 Å². The number of nitrogens with zero attached hydrogens (tertiary/aromatic N) is 3. The van der Waals surface area contributed by atoms with Gasteiger partial charge < -0.3 is 17.2 Å². The Hall–Kier alpha value is -2.73. The standard InChI is InChI=1S/C21H28N6.ClH/c1-21(2)26-19(23)25-20(24)27(21)18-12-6-10-16(14-18)8-4-3-7-15-9-5-11-17(22)13-15;/h5-6,9-14H,3-4,7-8,22H2,1-2H3,(H4,23,24,25,26);1H. The number of nitrogens with two attached hydrogens (primary N) is 3. The van der Waals surface area contributed by atoms with Gasteiger partial charge in [-0.3, -0.25) is 4.90 Å². The lowest BCUT2D eigenvalue weighted by Gasteiger charge is -2.38. The first-order chi connectivity index (χ1) is 12.8. The number of aryl methyl sites for hydroxylation is 2. The Balaban J connectivity index is 0.00000280. The third kappa shape index (κ3) is 5.16. The van der Waals surface area contributed by atoms with E-state index in [1.165, 1.54) is 11.1 Å². The lowest BCUT2D eigenvalue weighted by molar-refractivity contribution is 0.533. The number of rotatable bonds is 6. The maximum atomic E-state index is 6.13. The van der Waals surface area contributed by atoms with Crippen LogP contribution in [-0.4, -0.2) is 17.6 Å². The molecule has 7 heteroatoms. The monoisotopic (exact) mass is 400 g/mol. The van der Waals surface area contributed by atoms with Crippen LogP contribution >= 0.6 is 12.4 Å². The zero-order valence-electron chi connectivity index (χ0n) is 16.4. The molecule has 0 saturated carbocycles. The van der Waals surface area contributed by atoms with Gasteiger partial charge in [0.15, 0.2) is 0 Å². The van der Waals surface area contributed by atoms with E-state index < -0.39 is 5.66 Å². The first-order valence-corrected chi connectivity index (χ1v) is 9.28. The first kappa shape index (κ1) is 21.6. The second-order valence-electron chi connectivity index (χ2n) is 7.39. The van der Waals surface area contributed by atoms with Gasteiger partial charge in [0.05, 0.1) is 0 Å². The summed E-state index contributed by atoms with van der Waals surface area (Å²) in [7, 11) is 0. The quantitative estimate of drug-likeness (QED) is 0.510. The van der Waals surface area contributed by atoms with Gasteiger partial charge in [0.25, 0.3) is 0 Å². The van der Waals surface area contributed by atoms with Crippen molar-refractivity contribution in [1.82, 2.24) is 0 Å². The van der Waals surface area contributed by atoms with E-state index in [4.69, 9.17) is 17.2 Å². The summed E-state index contributed by atoms with van der Waals surface area (Å²) < 4.78 is 0. The topological polar surface area (TPSA) is 106 Å². The minimum atomic E-state index is -0.568. The summed E-state index contributed by atoms with van der Waals surface area (Å²) in [5.74, 6) is 0.581. The number of hydrogen-bond donors (Lipinski definition) is 3. The molecule has 0 fully saturated rings. The molecule has 0 amide bonds. The molecule has 150 valence electrons. The fourth-order valence-corrected chi connectivity index (χ4v) is 3.51. The van der Waals surface area contributed by atoms with E-state index in [-0.39, 0.29) is 18.4 Å². The highest BCUT2D eigenvalue weighted by Gasteiger charge is 2.32. The fourth-order valence-electron chi connectivity index (χ4n) is 3.51. The summed E-state index contributed by atoms with van der Waals surface area (Å²) in [6, 6.07) is 16.5. The summed E-state index contributed by atoms with van der Waals surface area (Å²) in [6.07, 6.45) is 4.27. The van der Waals surface area contributed by atoms with Gasteiger partial charge >= 0.3 is 0 Å². The molecule has 3 rings (SSSR count). The second kappa shape index (κ2) is 8.97. The molecule has 0 aromatic heterocycles. The van der Waals surface area contributed by atoms with Gasteiger partial charge in [-0.1, -0.05) is 24.3 Å². The van der Waals surface area contributed by atoms with Crippen LogP contribution in [0.25, 0.3) is 0 Å². The SMILES string of the molecule is CC1(C)N=C(N)N=C(N)N1c1cccc(CCCCc2cccc(N)c2)c1.Cl. The van der Waals surface area contributed by atoms with Gasteiger partial charge in [-0.2, -0.15) is 4.99 Å². The molecule has 1 aliphatic rings. The summed E-state index contributed by atoms with van der Waals surface area (Å²) in [5.41, 5.74) is 21.5. The second-order valence-corrected chi connectivity index (χ2v) is 7.39. The number of halogens is 1. The molecule has 0 aliphatic carbocycles. The molecule has 0 bridgehead atoms. The maximum Gasteiger partial charge on any atom is 0.220 e. The average molecular weight is 401 g/mol. The van der Waals surface area contributed by atoms with E-state index in [1.54, 1.807) is 0 Å². The molecule has 0 atom stereocenters. The van der Waals surface area contributed by atoms with Gasteiger partial charge in [-0.05, 0) is 74.9 Å². The van der Waals surface area contributed by atoms with Gasteiger partial charge in [0.2, 0.25) is 11.9 Å². The molecule has 28 heavy (non-hydrogen) atoms. The minimum absolute atomic E-state index is 0. The van der Waals surface area contributed by atoms with E-state index in [2.05, 4.69) is 28.2 Å². The van der Waals surface area contributed by atoms with Gasteiger partial charge in [-0.15, -0.1) is 12.4 Å². The highest BCUT2D eigenvalue weighted by Crippen LogP contribution is 2.28. The molecule has 0 spiro atoms. The van der Waals surface area contributed by atoms with Crippen LogP contribution in [0, 0.1) is 0 Å². The number of anilines is 2. The van der Waals surface area contributed by atoms with E-state index in [0.717, 1.165) is 37.1 Å². The highest BCUT2D eigenvalue weighted by molar-refractivity contribution is 6.05. The lowest BCUT2D eigenvalue weighted by atomic mass is 10.0. The maximum absolute atomic E-state index is 6.13. The highest BCUT2D eigenvalue weighted by atomic mass is 35.5. The van der Waals surface area contributed by atoms with Crippen LogP contribution in [0.3, 0.4) is 0 Å². The molecule has 6 nitrogen and oxygen atoms in total. The number of nitrogen functional groups attached to an aromatic ring is 1. The molecular weight excluding hydrogens is 372 g/mol. The van der Waals surface area contributed by atoms with Gasteiger partial charge in [-0.25, -0.2) is 4.99 Å². The lowest BCUT2D eigenvalue weighted by Crippen LogP contribution is -2.54. The number of benzene rings is 2. The fraction of sp³-hybridized carbons (Fsp3) is 0.333. The summed E-state index contributed by atoms with van der Waals surface area (Å²) in [6.45, 7) is 3.94. The third-order valence-electron chi connectivity index (χ3n) is 4.69. The molecule has 2 aromatic rings. The summed E-state index contributed by atoms with van der Waals surface area (Å²) in [5, 5.41) is 0. The van der Waals surface area contributed by atoms with Gasteiger partial charge in [0.1, 0.15) is 5.66 Å². The van der Waals surface area contributed by atoms with E-state index >= 15 is 0 Å². The molecular formula is C21H29ClN6. The number of hydrogen-bond acceptors (Lipinski definition) is 6. The zero-order valence-corrected chi connectivity index (χ0v) is 17.2. The van der Waals surface area contributed by atoms with Crippen molar-refractivity contribution < 1.29 is 0 Å². The molecule has 0 unspecified atom stereocenters. The molecule has 2 aromatic carbocycles. The van der Waals surface area contributed by atoms with E-state index in [9.17, 15) is 0 Å². The Morgan fingerprint density at radius 1 is 0.893 bits per heavy atom. The minimum Gasteiger partial charge on any atom is -0.399 e. The number of aliphatic imine (C=N–C) groups is 2. The van der Waals surface area contributed by atoms with Crippen LogP contribution in [0.5, 0.6) is 0 Å². The van der Waals surface area contributed by atoms with Crippen molar-refractivity contribution >= 4 is 35.7 Å². The van der Waals surface area contributed by atoms with Crippen molar-refractivity contribution in [2.75, 3.05) is 10.6 Å². The third-order valence-corrected chi connectivity index (χ3v) is 4.69. The van der Waals surface area contributed by atoms with Crippen LogP contribution in [0.4, 0.5) is 11.4 Å². The number of unbranched alkanes of at least 4 members (excludes halogenated alkanes) is 1. The molecule has 0 radical (unpaired) electrons. The Labute approximate surface area is 172 Å². The van der Waals surface area contributed by atoms with Crippen molar-refractivity contribution in [2.24, 2.45) is 21.5 Å². The average Bonchev–Trinajstić information content (AvgIpc) is 2.57. The van der Waals surface area contributed by atoms with Crippen molar-refractivity contribution in [3.63, 3.8) is 0 Å². The van der Waals surface area contributed by atoms with Crippen LogP contribution in [-0.2, 0) is 12.8 Å². The van der Waals surface area contributed by atoms with Crippen molar-refractivity contribution in [3.8, 4) is 0 Å². The van der Waals surface area contributed by atoms with E-state index in [0.29, 0.717) is 5.96 Å². The zero-order chi connectivity index (χ0) is 19.4. The van der Waals surface area contributed by atoms with Crippen LogP contribution in [0.1, 0.15) is 37.8 Å². The Bertz CT molecular complexity index is 875. The van der Waals surface area contributed by atoms with Crippen molar-refractivity contribution in [1.29, 1.82) is 0 Å². The summed E-state index contributed by atoms with van der Waals surface area (Å²) >= 11 is 0. The molecule has 6 N–H and O–H groups in total. The Morgan fingerprint density at radius 2 is 1.50 bits per heavy atom. The largest absolute Gasteiger partial charge is 0.399 e.